The summed E-state index contributed by atoms with van der Waals surface area (Å²) in [5.74, 6) is 1.35. The largest absolute Gasteiger partial charge is 0.299 e. The first-order valence-corrected chi connectivity index (χ1v) is 8.44. The highest BCUT2D eigenvalue weighted by Crippen LogP contribution is 2.38. The number of piperidine rings is 1. The number of rotatable bonds is 5. The van der Waals surface area contributed by atoms with E-state index in [2.05, 4.69) is 56.6 Å². The van der Waals surface area contributed by atoms with Crippen LogP contribution in [0.2, 0.25) is 0 Å². The molecule has 0 amide bonds. The minimum atomic E-state index is -0.237. The average Bonchev–Trinajstić information content (AvgIpc) is 2.46. The van der Waals surface area contributed by atoms with E-state index in [-0.39, 0.29) is 11.0 Å². The van der Waals surface area contributed by atoms with Crippen LogP contribution >= 0.6 is 11.8 Å². The molecule has 1 fully saturated rings. The third-order valence-corrected chi connectivity index (χ3v) is 5.77. The predicted octanol–water partition coefficient (Wildman–Crippen LogP) is 4.02. The molecule has 2 rings (SSSR count). The van der Waals surface area contributed by atoms with Gasteiger partial charge in [0.15, 0.2) is 0 Å². The van der Waals surface area contributed by atoms with Gasteiger partial charge in [0.2, 0.25) is 0 Å². The molecule has 1 aliphatic rings. The summed E-state index contributed by atoms with van der Waals surface area (Å²) in [7, 11) is 2.09. The molecular formula is C18H25NOS. The number of likely N-dealkylation sites (N-methyl/N-ethyl adjacent to an activating group) is 1. The lowest BCUT2D eigenvalue weighted by Crippen LogP contribution is -2.57. The van der Waals surface area contributed by atoms with Gasteiger partial charge in [-0.15, -0.1) is 18.3 Å². The summed E-state index contributed by atoms with van der Waals surface area (Å²) >= 11 is 1.83. The molecule has 1 aromatic rings. The Hall–Kier alpha value is -1.06. The minimum Gasteiger partial charge on any atom is -0.299 e. The number of carbonyl (C=O) groups is 1. The van der Waals surface area contributed by atoms with E-state index in [1.54, 1.807) is 0 Å². The maximum Gasteiger partial charge on any atom is 0.142 e. The lowest BCUT2D eigenvalue weighted by Gasteiger charge is -2.47. The molecule has 2 unspecified atom stereocenters. The molecule has 114 valence electrons. The van der Waals surface area contributed by atoms with Crippen molar-refractivity contribution in [3.63, 3.8) is 0 Å². The summed E-state index contributed by atoms with van der Waals surface area (Å²) in [4.78, 5) is 16.1. The number of nitrogens with zero attached hydrogens (tertiary/aromatic N) is 1. The second-order valence-electron chi connectivity index (χ2n) is 6.49. The maximum atomic E-state index is 12.6. The molecule has 1 heterocycles. The van der Waals surface area contributed by atoms with Crippen LogP contribution in [-0.2, 0) is 4.79 Å². The van der Waals surface area contributed by atoms with Crippen molar-refractivity contribution >= 4 is 17.5 Å². The van der Waals surface area contributed by atoms with Gasteiger partial charge in [-0.2, -0.15) is 0 Å². The number of likely N-dealkylation sites (tertiary alicyclic amines) is 1. The van der Waals surface area contributed by atoms with E-state index >= 15 is 0 Å². The van der Waals surface area contributed by atoms with Crippen molar-refractivity contribution in [2.45, 2.75) is 37.1 Å². The summed E-state index contributed by atoms with van der Waals surface area (Å²) in [5, 5.41) is 0. The number of benzene rings is 1. The third-order valence-electron chi connectivity index (χ3n) is 4.76. The highest BCUT2D eigenvalue weighted by molar-refractivity contribution is 7.99. The summed E-state index contributed by atoms with van der Waals surface area (Å²) in [6.07, 6.45) is 3.39. The van der Waals surface area contributed by atoms with Crippen molar-refractivity contribution in [2.24, 2.45) is 5.41 Å². The van der Waals surface area contributed by atoms with E-state index in [0.717, 1.165) is 18.7 Å². The summed E-state index contributed by atoms with van der Waals surface area (Å²) in [5.41, 5.74) is -0.428. The van der Waals surface area contributed by atoms with Gasteiger partial charge < -0.3 is 0 Å². The van der Waals surface area contributed by atoms with Gasteiger partial charge in [-0.05, 0) is 38.3 Å². The first kappa shape index (κ1) is 16.3. The molecule has 0 saturated carbocycles. The number of thioether (sulfide) groups is 1. The molecule has 21 heavy (non-hydrogen) atoms. The van der Waals surface area contributed by atoms with Crippen LogP contribution in [0.5, 0.6) is 0 Å². The van der Waals surface area contributed by atoms with E-state index in [1.165, 1.54) is 4.90 Å². The van der Waals surface area contributed by atoms with E-state index < -0.39 is 0 Å². The zero-order valence-electron chi connectivity index (χ0n) is 13.3. The Balaban J connectivity index is 1.96. The summed E-state index contributed by atoms with van der Waals surface area (Å²) in [6.45, 7) is 8.91. The Bertz CT molecular complexity index is 515. The normalized spacial score (nSPS) is 30.3. The smallest absolute Gasteiger partial charge is 0.142 e. The van der Waals surface area contributed by atoms with Crippen LogP contribution in [0.15, 0.2) is 47.9 Å². The van der Waals surface area contributed by atoms with Crippen LogP contribution in [0.1, 0.15) is 26.7 Å². The number of carbonyl (C=O) groups excluding carboxylic acids is 1. The molecule has 0 aliphatic carbocycles. The number of ketones is 1. The lowest BCUT2D eigenvalue weighted by molar-refractivity contribution is -0.136. The van der Waals surface area contributed by atoms with Gasteiger partial charge in [0.05, 0.1) is 0 Å². The zero-order valence-corrected chi connectivity index (χ0v) is 14.1. The highest BCUT2D eigenvalue weighted by atomic mass is 32.2. The molecule has 0 spiro atoms. The standard InChI is InChI=1S/C18H25NOS/c1-5-18(3)13-16(20)17(2,14-19(18)4)11-12-21-15-9-7-6-8-10-15/h5-10H,1,11-14H2,2-4H3. The average molecular weight is 303 g/mol. The van der Waals surface area contributed by atoms with Gasteiger partial charge in [-0.25, -0.2) is 0 Å². The topological polar surface area (TPSA) is 20.3 Å². The molecule has 1 saturated heterocycles. The Morgan fingerprint density at radius 2 is 2.00 bits per heavy atom. The summed E-state index contributed by atoms with van der Waals surface area (Å²) < 4.78 is 0. The molecule has 2 atom stereocenters. The molecule has 3 heteroatoms. The Labute approximate surface area is 132 Å². The first-order valence-electron chi connectivity index (χ1n) is 7.46. The summed E-state index contributed by atoms with van der Waals surface area (Å²) in [6, 6.07) is 10.4. The van der Waals surface area contributed by atoms with Crippen LogP contribution in [0.3, 0.4) is 0 Å². The Morgan fingerprint density at radius 1 is 1.33 bits per heavy atom. The second-order valence-corrected chi connectivity index (χ2v) is 7.66. The number of hydrogen-bond acceptors (Lipinski definition) is 3. The van der Waals surface area contributed by atoms with Crippen LogP contribution in [-0.4, -0.2) is 35.6 Å². The fourth-order valence-electron chi connectivity index (χ4n) is 2.82. The van der Waals surface area contributed by atoms with Crippen LogP contribution in [0.4, 0.5) is 0 Å². The monoisotopic (exact) mass is 303 g/mol. The van der Waals surface area contributed by atoms with Gasteiger partial charge in [0.25, 0.3) is 0 Å². The predicted molar refractivity (Wildman–Crippen MR) is 90.7 cm³/mol. The second kappa shape index (κ2) is 6.37. The number of Topliss-reactive ketones (excluding diaryl/α,β-unsaturated/α-hetero) is 1. The Morgan fingerprint density at radius 3 is 2.62 bits per heavy atom. The fourth-order valence-corrected chi connectivity index (χ4v) is 3.96. The van der Waals surface area contributed by atoms with Crippen molar-refractivity contribution in [1.29, 1.82) is 0 Å². The molecule has 0 aromatic heterocycles. The SMILES string of the molecule is C=CC1(C)CC(=O)C(C)(CCSc2ccccc2)CN1C. The Kier molecular flexibility index (Phi) is 4.95. The fraction of sp³-hybridized carbons (Fsp3) is 0.500. The molecule has 1 aliphatic heterocycles. The lowest BCUT2D eigenvalue weighted by atomic mass is 9.72. The van der Waals surface area contributed by atoms with Gasteiger partial charge in [-0.1, -0.05) is 31.2 Å². The molecule has 2 nitrogen and oxygen atoms in total. The van der Waals surface area contributed by atoms with Crippen molar-refractivity contribution in [3.05, 3.63) is 43.0 Å². The maximum absolute atomic E-state index is 12.6. The van der Waals surface area contributed by atoms with Crippen LogP contribution < -0.4 is 0 Å². The molecule has 1 aromatic carbocycles. The highest BCUT2D eigenvalue weighted by Gasteiger charge is 2.45. The number of hydrogen-bond donors (Lipinski definition) is 0. The molecular weight excluding hydrogens is 278 g/mol. The zero-order chi connectivity index (χ0) is 15.5. The molecule has 0 N–H and O–H groups in total. The van der Waals surface area contributed by atoms with Crippen molar-refractivity contribution in [3.8, 4) is 0 Å². The molecule has 0 radical (unpaired) electrons. The molecule has 0 bridgehead atoms. The third kappa shape index (κ3) is 3.58. The quantitative estimate of drug-likeness (QED) is 0.605. The minimum absolute atomic E-state index is 0.191. The van der Waals surface area contributed by atoms with E-state index in [0.29, 0.717) is 12.2 Å². The van der Waals surface area contributed by atoms with Gasteiger partial charge >= 0.3 is 0 Å². The van der Waals surface area contributed by atoms with Crippen molar-refractivity contribution in [1.82, 2.24) is 4.90 Å². The van der Waals surface area contributed by atoms with E-state index in [9.17, 15) is 4.79 Å². The van der Waals surface area contributed by atoms with E-state index in [4.69, 9.17) is 0 Å². The van der Waals surface area contributed by atoms with Crippen molar-refractivity contribution in [2.75, 3.05) is 19.3 Å². The van der Waals surface area contributed by atoms with Gasteiger partial charge in [0, 0.05) is 28.8 Å². The first-order chi connectivity index (χ1) is 9.89. The van der Waals surface area contributed by atoms with Crippen LogP contribution in [0, 0.1) is 5.41 Å². The van der Waals surface area contributed by atoms with Gasteiger partial charge in [0.1, 0.15) is 5.78 Å². The van der Waals surface area contributed by atoms with Crippen LogP contribution in [0.25, 0.3) is 0 Å². The van der Waals surface area contributed by atoms with Crippen molar-refractivity contribution < 1.29 is 4.79 Å². The van der Waals surface area contributed by atoms with Gasteiger partial charge in [-0.3, -0.25) is 9.69 Å². The van der Waals surface area contributed by atoms with E-state index in [1.807, 2.05) is 23.9 Å².